The number of hydrogen-bond donors (Lipinski definition) is 1. The molecule has 6 heteroatoms. The first kappa shape index (κ1) is 17.9. The zero-order chi connectivity index (χ0) is 17.6. The topological polar surface area (TPSA) is 61.9 Å². The van der Waals surface area contributed by atoms with Gasteiger partial charge in [-0.25, -0.2) is 0 Å². The van der Waals surface area contributed by atoms with E-state index < -0.39 is 0 Å². The van der Waals surface area contributed by atoms with Crippen molar-refractivity contribution in [1.29, 1.82) is 0 Å². The van der Waals surface area contributed by atoms with Gasteiger partial charge in [0.2, 0.25) is 11.8 Å². The highest BCUT2D eigenvalue weighted by molar-refractivity contribution is 5.85. The number of carbonyl (C=O) groups excluding carboxylic acids is 2. The fraction of sp³-hybridized carbons (Fsp3) is 0.579. The molecule has 1 aromatic rings. The minimum Gasteiger partial charge on any atom is -0.370 e. The maximum atomic E-state index is 12.2. The molecule has 0 bridgehead atoms. The van der Waals surface area contributed by atoms with Crippen LogP contribution >= 0.6 is 0 Å². The Morgan fingerprint density at radius 3 is 2.88 bits per heavy atom. The molecular formula is C19H27N3O3. The van der Waals surface area contributed by atoms with Crippen molar-refractivity contribution < 1.29 is 14.3 Å². The largest absolute Gasteiger partial charge is 0.370 e. The Morgan fingerprint density at radius 1 is 1.32 bits per heavy atom. The summed E-state index contributed by atoms with van der Waals surface area (Å²) in [6.07, 6.45) is 1.09. The SMILES string of the molecule is C[C@H](NC(=O)CN1CCOCC1=O)[C@@H]1CCN(Cc2ccccc2)C1. The molecule has 2 saturated heterocycles. The molecule has 1 N–H and O–H groups in total. The molecule has 2 heterocycles. The van der Waals surface area contributed by atoms with E-state index in [2.05, 4.69) is 41.4 Å². The zero-order valence-corrected chi connectivity index (χ0v) is 14.8. The van der Waals surface area contributed by atoms with Gasteiger partial charge in [-0.1, -0.05) is 30.3 Å². The molecule has 3 rings (SSSR count). The Bertz CT molecular complexity index is 593. The molecule has 2 aliphatic heterocycles. The maximum absolute atomic E-state index is 12.2. The summed E-state index contributed by atoms with van der Waals surface area (Å²) in [4.78, 5) is 27.9. The average molecular weight is 345 g/mol. The van der Waals surface area contributed by atoms with Crippen molar-refractivity contribution in [3.8, 4) is 0 Å². The second-order valence-electron chi connectivity index (χ2n) is 6.99. The molecule has 0 spiro atoms. The van der Waals surface area contributed by atoms with Gasteiger partial charge in [0.15, 0.2) is 0 Å². The average Bonchev–Trinajstić information content (AvgIpc) is 3.06. The zero-order valence-electron chi connectivity index (χ0n) is 14.8. The summed E-state index contributed by atoms with van der Waals surface area (Å²) in [5.74, 6) is 0.265. The highest BCUT2D eigenvalue weighted by Gasteiger charge is 2.29. The van der Waals surface area contributed by atoms with Gasteiger partial charge in [0, 0.05) is 25.7 Å². The van der Waals surface area contributed by atoms with Crippen molar-refractivity contribution in [2.24, 2.45) is 5.92 Å². The molecular weight excluding hydrogens is 318 g/mol. The van der Waals surface area contributed by atoms with Crippen molar-refractivity contribution >= 4 is 11.8 Å². The van der Waals surface area contributed by atoms with E-state index in [0.717, 1.165) is 26.1 Å². The molecule has 0 radical (unpaired) electrons. The number of nitrogens with zero attached hydrogens (tertiary/aromatic N) is 2. The molecule has 2 fully saturated rings. The minimum absolute atomic E-state index is 0.0794. The number of likely N-dealkylation sites (tertiary alicyclic amines) is 1. The van der Waals surface area contributed by atoms with E-state index in [9.17, 15) is 9.59 Å². The van der Waals surface area contributed by atoms with E-state index in [-0.39, 0.29) is 31.0 Å². The minimum atomic E-state index is -0.107. The quantitative estimate of drug-likeness (QED) is 0.831. The van der Waals surface area contributed by atoms with E-state index in [4.69, 9.17) is 4.74 Å². The summed E-state index contributed by atoms with van der Waals surface area (Å²) >= 11 is 0. The molecule has 6 nitrogen and oxygen atoms in total. The van der Waals surface area contributed by atoms with E-state index in [0.29, 0.717) is 19.1 Å². The fourth-order valence-electron chi connectivity index (χ4n) is 3.56. The van der Waals surface area contributed by atoms with Crippen molar-refractivity contribution in [3.63, 3.8) is 0 Å². The van der Waals surface area contributed by atoms with Gasteiger partial charge in [-0.2, -0.15) is 0 Å². The lowest BCUT2D eigenvalue weighted by atomic mass is 10.0. The van der Waals surface area contributed by atoms with Crippen LogP contribution in [0.15, 0.2) is 30.3 Å². The molecule has 136 valence electrons. The highest BCUT2D eigenvalue weighted by Crippen LogP contribution is 2.21. The number of benzene rings is 1. The number of carbonyl (C=O) groups is 2. The van der Waals surface area contributed by atoms with Crippen molar-refractivity contribution in [2.45, 2.75) is 25.9 Å². The molecule has 25 heavy (non-hydrogen) atoms. The van der Waals surface area contributed by atoms with Crippen LogP contribution in [0.2, 0.25) is 0 Å². The summed E-state index contributed by atoms with van der Waals surface area (Å²) in [5.41, 5.74) is 1.32. The molecule has 0 saturated carbocycles. The van der Waals surface area contributed by atoms with E-state index in [1.54, 1.807) is 4.90 Å². The summed E-state index contributed by atoms with van der Waals surface area (Å²) in [5, 5.41) is 3.07. The van der Waals surface area contributed by atoms with Crippen molar-refractivity contribution in [3.05, 3.63) is 35.9 Å². The van der Waals surface area contributed by atoms with Gasteiger partial charge >= 0.3 is 0 Å². The third kappa shape index (κ3) is 5.03. The third-order valence-electron chi connectivity index (χ3n) is 5.07. The van der Waals surface area contributed by atoms with Crippen LogP contribution in [0, 0.1) is 5.92 Å². The molecule has 0 unspecified atom stereocenters. The van der Waals surface area contributed by atoms with Gasteiger partial charge in [-0.05, 0) is 31.4 Å². The summed E-state index contributed by atoms with van der Waals surface area (Å²) in [6.45, 7) is 6.29. The Balaban J connectivity index is 1.43. The highest BCUT2D eigenvalue weighted by atomic mass is 16.5. The maximum Gasteiger partial charge on any atom is 0.249 e. The van der Waals surface area contributed by atoms with Gasteiger partial charge in [0.1, 0.15) is 6.61 Å². The molecule has 2 atom stereocenters. The molecule has 2 amide bonds. The lowest BCUT2D eigenvalue weighted by Crippen LogP contribution is -2.49. The van der Waals surface area contributed by atoms with Gasteiger partial charge in [-0.15, -0.1) is 0 Å². The van der Waals surface area contributed by atoms with Crippen LogP contribution in [-0.4, -0.2) is 67.0 Å². The van der Waals surface area contributed by atoms with Crippen LogP contribution in [0.3, 0.4) is 0 Å². The van der Waals surface area contributed by atoms with Crippen LogP contribution in [0.5, 0.6) is 0 Å². The number of amides is 2. The van der Waals surface area contributed by atoms with Crippen molar-refractivity contribution in [1.82, 2.24) is 15.1 Å². The first-order valence-corrected chi connectivity index (χ1v) is 9.03. The number of ether oxygens (including phenoxy) is 1. The summed E-state index contributed by atoms with van der Waals surface area (Å²) in [6, 6.07) is 10.6. The van der Waals surface area contributed by atoms with Crippen LogP contribution < -0.4 is 5.32 Å². The first-order chi connectivity index (χ1) is 12.1. The number of rotatable bonds is 6. The predicted octanol–water partition coefficient (Wildman–Crippen LogP) is 0.872. The number of nitrogens with one attached hydrogen (secondary N) is 1. The normalized spacial score (nSPS) is 22.8. The smallest absolute Gasteiger partial charge is 0.249 e. The van der Waals surface area contributed by atoms with Crippen LogP contribution in [0.4, 0.5) is 0 Å². The third-order valence-corrected chi connectivity index (χ3v) is 5.07. The number of morpholine rings is 1. The van der Waals surface area contributed by atoms with Crippen LogP contribution in [-0.2, 0) is 20.9 Å². The lowest BCUT2D eigenvalue weighted by Gasteiger charge is -2.28. The molecule has 2 aliphatic rings. The van der Waals surface area contributed by atoms with Gasteiger partial charge < -0.3 is 15.0 Å². The second kappa shape index (κ2) is 8.45. The fourth-order valence-corrected chi connectivity index (χ4v) is 3.56. The van der Waals surface area contributed by atoms with Crippen LogP contribution in [0.25, 0.3) is 0 Å². The Morgan fingerprint density at radius 2 is 2.12 bits per heavy atom. The first-order valence-electron chi connectivity index (χ1n) is 9.03. The molecule has 0 aromatic heterocycles. The van der Waals surface area contributed by atoms with Gasteiger partial charge in [-0.3, -0.25) is 14.5 Å². The molecule has 1 aromatic carbocycles. The number of hydrogen-bond acceptors (Lipinski definition) is 4. The van der Waals surface area contributed by atoms with E-state index in [1.165, 1.54) is 5.56 Å². The van der Waals surface area contributed by atoms with Crippen LogP contribution in [0.1, 0.15) is 18.9 Å². The Labute approximate surface area is 149 Å². The standard InChI is InChI=1S/C19H27N3O3/c1-15(20-18(23)13-22-9-10-25-14-19(22)24)17-7-8-21(12-17)11-16-5-3-2-4-6-16/h2-6,15,17H,7-14H2,1H3,(H,20,23)/t15-,17+/m0/s1. The van der Waals surface area contributed by atoms with E-state index >= 15 is 0 Å². The Kier molecular flexibility index (Phi) is 6.04. The van der Waals surface area contributed by atoms with Gasteiger partial charge in [0.05, 0.1) is 13.2 Å². The lowest BCUT2D eigenvalue weighted by molar-refractivity contribution is -0.146. The summed E-state index contributed by atoms with van der Waals surface area (Å²) < 4.78 is 5.09. The van der Waals surface area contributed by atoms with Gasteiger partial charge in [0.25, 0.3) is 0 Å². The predicted molar refractivity (Wildman–Crippen MR) is 94.8 cm³/mol. The van der Waals surface area contributed by atoms with E-state index in [1.807, 2.05) is 6.07 Å². The Hall–Kier alpha value is -1.92. The summed E-state index contributed by atoms with van der Waals surface area (Å²) in [7, 11) is 0. The van der Waals surface area contributed by atoms with Crippen molar-refractivity contribution in [2.75, 3.05) is 39.4 Å². The monoisotopic (exact) mass is 345 g/mol. The molecule has 0 aliphatic carbocycles. The second-order valence-corrected chi connectivity index (χ2v) is 6.99.